The molecule has 0 aliphatic rings. The van der Waals surface area contributed by atoms with Crippen molar-refractivity contribution in [1.29, 1.82) is 0 Å². The third kappa shape index (κ3) is 4.42. The van der Waals surface area contributed by atoms with Crippen LogP contribution in [-0.2, 0) is 14.8 Å². The number of phenolic OH excluding ortho intramolecular Hbond substituents is 1. The van der Waals surface area contributed by atoms with Crippen molar-refractivity contribution in [2.75, 3.05) is 18.0 Å². The first-order chi connectivity index (χ1) is 12.6. The maximum absolute atomic E-state index is 13.4. The van der Waals surface area contributed by atoms with Crippen molar-refractivity contribution in [3.63, 3.8) is 0 Å². The molecule has 2 rings (SSSR count). The maximum Gasteiger partial charge on any atom is 0.341 e. The number of phenols is 1. The number of carbonyl (C=O) groups is 1. The van der Waals surface area contributed by atoms with E-state index in [4.69, 9.17) is 0 Å². The number of hydrogen-bond donors (Lipinski definition) is 1. The zero-order chi connectivity index (χ0) is 20.4. The van der Waals surface area contributed by atoms with Crippen LogP contribution in [0.2, 0.25) is 0 Å². The van der Waals surface area contributed by atoms with E-state index in [9.17, 15) is 18.3 Å². The van der Waals surface area contributed by atoms with Gasteiger partial charge in [0.25, 0.3) is 10.0 Å². The van der Waals surface area contributed by atoms with Crippen LogP contribution < -0.4 is 4.31 Å². The van der Waals surface area contributed by atoms with E-state index in [-0.39, 0.29) is 28.7 Å². The van der Waals surface area contributed by atoms with E-state index in [0.29, 0.717) is 5.69 Å². The zero-order valence-corrected chi connectivity index (χ0v) is 17.0. The highest BCUT2D eigenvalue weighted by atomic mass is 32.2. The fourth-order valence-electron chi connectivity index (χ4n) is 2.82. The Labute approximate surface area is 160 Å². The summed E-state index contributed by atoms with van der Waals surface area (Å²) in [5, 5.41) is 9.87. The Hall–Kier alpha value is -2.54. The molecule has 0 amide bonds. The number of rotatable bonds is 6. The highest BCUT2D eigenvalue weighted by Crippen LogP contribution is 2.30. The Bertz CT molecular complexity index is 951. The summed E-state index contributed by atoms with van der Waals surface area (Å²) in [7, 11) is -2.78. The van der Waals surface area contributed by atoms with Gasteiger partial charge in [-0.25, -0.2) is 13.2 Å². The van der Waals surface area contributed by atoms with Crippen LogP contribution in [0.4, 0.5) is 5.69 Å². The fourth-order valence-corrected chi connectivity index (χ4v) is 4.54. The fraction of sp³-hybridized carbons (Fsp3) is 0.350. The van der Waals surface area contributed by atoms with Crippen molar-refractivity contribution >= 4 is 21.7 Å². The molecule has 0 fully saturated rings. The summed E-state index contributed by atoms with van der Waals surface area (Å²) in [5.41, 5.74) is 2.27. The number of aromatic hydroxyl groups is 1. The Morgan fingerprint density at radius 3 is 2.37 bits per heavy atom. The van der Waals surface area contributed by atoms with Crippen LogP contribution in [0, 0.1) is 19.8 Å². The summed E-state index contributed by atoms with van der Waals surface area (Å²) in [6.45, 7) is 7.95. The molecule has 0 saturated carbocycles. The Morgan fingerprint density at radius 1 is 1.15 bits per heavy atom. The molecule has 146 valence electrons. The van der Waals surface area contributed by atoms with E-state index in [1.165, 1.54) is 23.5 Å². The molecule has 2 aromatic carbocycles. The van der Waals surface area contributed by atoms with Gasteiger partial charge in [-0.2, -0.15) is 0 Å². The van der Waals surface area contributed by atoms with Crippen LogP contribution in [-0.4, -0.2) is 33.1 Å². The van der Waals surface area contributed by atoms with Crippen molar-refractivity contribution in [3.05, 3.63) is 53.1 Å². The molecular formula is C20H25NO5S. The average Bonchev–Trinajstić information content (AvgIpc) is 2.59. The van der Waals surface area contributed by atoms with E-state index in [0.717, 1.165) is 17.2 Å². The second kappa shape index (κ2) is 8.00. The number of sulfonamides is 1. The van der Waals surface area contributed by atoms with Crippen LogP contribution in [0.25, 0.3) is 0 Å². The smallest absolute Gasteiger partial charge is 0.341 e. The van der Waals surface area contributed by atoms with Gasteiger partial charge in [0.15, 0.2) is 0 Å². The monoisotopic (exact) mass is 391 g/mol. The molecule has 7 heteroatoms. The van der Waals surface area contributed by atoms with Crippen molar-refractivity contribution in [2.24, 2.45) is 5.92 Å². The van der Waals surface area contributed by atoms with Gasteiger partial charge in [0.05, 0.1) is 17.7 Å². The van der Waals surface area contributed by atoms with E-state index in [1.807, 2.05) is 39.8 Å². The molecule has 0 saturated heterocycles. The first-order valence-electron chi connectivity index (χ1n) is 8.59. The SMILES string of the molecule is COC(=O)c1cc(S(=O)(=O)N(CC(C)C)c2ccc(C)cc2C)ccc1O. The topological polar surface area (TPSA) is 83.9 Å². The van der Waals surface area contributed by atoms with E-state index in [2.05, 4.69) is 4.74 Å². The first-order valence-corrected chi connectivity index (χ1v) is 10.0. The van der Waals surface area contributed by atoms with Crippen molar-refractivity contribution in [1.82, 2.24) is 0 Å². The van der Waals surface area contributed by atoms with Crippen LogP contribution >= 0.6 is 0 Å². The van der Waals surface area contributed by atoms with Gasteiger partial charge in [-0.3, -0.25) is 4.31 Å². The number of hydrogen-bond acceptors (Lipinski definition) is 5. The third-order valence-electron chi connectivity index (χ3n) is 4.11. The van der Waals surface area contributed by atoms with E-state index in [1.54, 1.807) is 6.07 Å². The molecule has 0 atom stereocenters. The number of aryl methyl sites for hydroxylation is 2. The van der Waals surface area contributed by atoms with Crippen LogP contribution in [0.15, 0.2) is 41.3 Å². The van der Waals surface area contributed by atoms with Gasteiger partial charge in [-0.15, -0.1) is 0 Å². The second-order valence-corrected chi connectivity index (χ2v) is 8.75. The summed E-state index contributed by atoms with van der Waals surface area (Å²) in [5.74, 6) is -1.05. The predicted molar refractivity (Wildman–Crippen MR) is 105 cm³/mol. The van der Waals surface area contributed by atoms with Crippen LogP contribution in [0.5, 0.6) is 5.75 Å². The first kappa shape index (κ1) is 20.8. The average molecular weight is 391 g/mol. The normalized spacial score (nSPS) is 11.5. The summed E-state index contributed by atoms with van der Waals surface area (Å²) in [4.78, 5) is 11.7. The lowest BCUT2D eigenvalue weighted by Gasteiger charge is -2.28. The highest BCUT2D eigenvalue weighted by molar-refractivity contribution is 7.92. The number of esters is 1. The van der Waals surface area contributed by atoms with Gasteiger partial charge in [0.2, 0.25) is 0 Å². The number of methoxy groups -OCH3 is 1. The minimum Gasteiger partial charge on any atom is -0.507 e. The molecule has 6 nitrogen and oxygen atoms in total. The second-order valence-electron chi connectivity index (χ2n) is 6.89. The van der Waals surface area contributed by atoms with Gasteiger partial charge in [-0.1, -0.05) is 31.5 Å². The lowest BCUT2D eigenvalue weighted by atomic mass is 10.1. The standard InChI is InChI=1S/C20H25NO5S/c1-13(2)12-21(18-8-6-14(3)10-15(18)4)27(24,25)16-7-9-19(22)17(11-16)20(23)26-5/h6-11,13,22H,12H2,1-5H3. The molecule has 0 aromatic heterocycles. The summed E-state index contributed by atoms with van der Waals surface area (Å²) < 4.78 is 32.7. The zero-order valence-electron chi connectivity index (χ0n) is 16.2. The number of anilines is 1. The van der Waals surface area contributed by atoms with Gasteiger partial charge in [-0.05, 0) is 49.6 Å². The van der Waals surface area contributed by atoms with Crippen molar-refractivity contribution in [2.45, 2.75) is 32.6 Å². The molecule has 2 aromatic rings. The van der Waals surface area contributed by atoms with E-state index < -0.39 is 16.0 Å². The largest absolute Gasteiger partial charge is 0.507 e. The molecule has 0 bridgehead atoms. The van der Waals surface area contributed by atoms with Gasteiger partial charge in [0, 0.05) is 6.54 Å². The van der Waals surface area contributed by atoms with Gasteiger partial charge >= 0.3 is 5.97 Å². The molecule has 0 aliphatic heterocycles. The lowest BCUT2D eigenvalue weighted by Crippen LogP contribution is -2.35. The molecule has 0 heterocycles. The van der Waals surface area contributed by atoms with E-state index >= 15 is 0 Å². The van der Waals surface area contributed by atoms with Crippen molar-refractivity contribution < 1.29 is 23.1 Å². The van der Waals surface area contributed by atoms with Gasteiger partial charge in [0.1, 0.15) is 11.3 Å². The molecule has 0 unspecified atom stereocenters. The summed E-state index contributed by atoms with van der Waals surface area (Å²) >= 11 is 0. The van der Waals surface area contributed by atoms with Crippen molar-refractivity contribution in [3.8, 4) is 5.75 Å². The van der Waals surface area contributed by atoms with Crippen LogP contribution in [0.3, 0.4) is 0 Å². The number of ether oxygens (including phenoxy) is 1. The van der Waals surface area contributed by atoms with Gasteiger partial charge < -0.3 is 9.84 Å². The number of carbonyl (C=O) groups excluding carboxylic acids is 1. The minimum atomic E-state index is -3.95. The Balaban J connectivity index is 2.62. The molecule has 0 radical (unpaired) electrons. The molecule has 0 spiro atoms. The molecular weight excluding hydrogens is 366 g/mol. The Kier molecular flexibility index (Phi) is 6.15. The Morgan fingerprint density at radius 2 is 1.81 bits per heavy atom. The molecule has 0 aliphatic carbocycles. The molecule has 27 heavy (non-hydrogen) atoms. The quantitative estimate of drug-likeness (QED) is 0.760. The minimum absolute atomic E-state index is 0.0812. The highest BCUT2D eigenvalue weighted by Gasteiger charge is 2.28. The lowest BCUT2D eigenvalue weighted by molar-refractivity contribution is 0.0597. The molecule has 1 N–H and O–H groups in total. The summed E-state index contributed by atoms with van der Waals surface area (Å²) in [6, 6.07) is 9.19. The summed E-state index contributed by atoms with van der Waals surface area (Å²) in [6.07, 6.45) is 0. The number of nitrogens with zero attached hydrogens (tertiary/aromatic N) is 1. The predicted octanol–water partition coefficient (Wildman–Crippen LogP) is 3.65. The maximum atomic E-state index is 13.4. The third-order valence-corrected chi connectivity index (χ3v) is 5.89. The van der Waals surface area contributed by atoms with Crippen LogP contribution in [0.1, 0.15) is 35.3 Å². The number of benzene rings is 2.